The van der Waals surface area contributed by atoms with Crippen LogP contribution in [0.4, 0.5) is 10.2 Å². The Labute approximate surface area is 169 Å². The minimum absolute atomic E-state index is 0.0533. The van der Waals surface area contributed by atoms with Crippen LogP contribution in [0.1, 0.15) is 15.9 Å². The summed E-state index contributed by atoms with van der Waals surface area (Å²) in [5.41, 5.74) is 7.50. The average Bonchev–Trinajstić information content (AvgIpc) is 2.69. The Morgan fingerprint density at radius 3 is 2.57 bits per heavy atom. The van der Waals surface area contributed by atoms with Crippen molar-refractivity contribution < 1.29 is 19.0 Å². The second-order valence-electron chi connectivity index (χ2n) is 5.75. The fraction of sp³-hybridized carbons (Fsp3) is 0.105. The van der Waals surface area contributed by atoms with Crippen LogP contribution in [0, 0.1) is 5.82 Å². The molecule has 6 nitrogen and oxygen atoms in total. The number of carboxylic acid groups (broad SMARTS) is 1. The molecule has 3 aromatic rings. The molecule has 28 heavy (non-hydrogen) atoms. The fourth-order valence-corrected chi connectivity index (χ4v) is 3.02. The number of hydrogen-bond donors (Lipinski definition) is 2. The summed E-state index contributed by atoms with van der Waals surface area (Å²) in [7, 11) is 0. The van der Waals surface area contributed by atoms with E-state index >= 15 is 0 Å². The molecule has 144 valence electrons. The number of ether oxygens (including phenoxy) is 1. The molecule has 0 saturated heterocycles. The lowest BCUT2D eigenvalue weighted by Crippen LogP contribution is -2.08. The Hall–Kier alpha value is -2.90. The largest absolute Gasteiger partial charge is 0.478 e. The summed E-state index contributed by atoms with van der Waals surface area (Å²) in [5, 5.41) is 9.25. The van der Waals surface area contributed by atoms with Gasteiger partial charge in [0.1, 0.15) is 5.82 Å². The van der Waals surface area contributed by atoms with E-state index in [0.717, 1.165) is 0 Å². The molecule has 3 N–H and O–H groups in total. The number of halogens is 3. The molecule has 1 aromatic heterocycles. The van der Waals surface area contributed by atoms with E-state index in [1.54, 1.807) is 12.1 Å². The van der Waals surface area contributed by atoms with Gasteiger partial charge < -0.3 is 15.6 Å². The molecule has 2 aromatic carbocycles. The van der Waals surface area contributed by atoms with Crippen LogP contribution >= 0.6 is 23.2 Å². The third-order valence-electron chi connectivity index (χ3n) is 3.92. The topological polar surface area (TPSA) is 98.3 Å². The molecule has 0 aliphatic heterocycles. The van der Waals surface area contributed by atoms with Crippen molar-refractivity contribution in [1.29, 1.82) is 0 Å². The number of aromatic nitrogens is 2. The van der Waals surface area contributed by atoms with E-state index in [1.807, 2.05) is 0 Å². The quantitative estimate of drug-likeness (QED) is 0.568. The van der Waals surface area contributed by atoms with Crippen molar-refractivity contribution in [2.45, 2.75) is 6.42 Å². The van der Waals surface area contributed by atoms with Crippen LogP contribution in [0.3, 0.4) is 0 Å². The summed E-state index contributed by atoms with van der Waals surface area (Å²) in [6, 6.07) is 8.76. The summed E-state index contributed by atoms with van der Waals surface area (Å²) in [4.78, 5) is 19.3. The molecule has 0 aliphatic rings. The van der Waals surface area contributed by atoms with Crippen molar-refractivity contribution in [3.8, 4) is 17.1 Å². The molecule has 0 spiro atoms. The molecule has 0 atom stereocenters. The first-order chi connectivity index (χ1) is 13.4. The van der Waals surface area contributed by atoms with Crippen molar-refractivity contribution in [1.82, 2.24) is 9.97 Å². The number of aromatic carboxylic acids is 1. The van der Waals surface area contributed by atoms with Gasteiger partial charge in [0, 0.05) is 17.0 Å². The first-order valence-corrected chi connectivity index (χ1v) is 8.84. The van der Waals surface area contributed by atoms with Gasteiger partial charge in [0.25, 0.3) is 5.88 Å². The number of carboxylic acids is 1. The number of hydrogen-bond acceptors (Lipinski definition) is 5. The lowest BCUT2D eigenvalue weighted by molar-refractivity contribution is 0.0697. The Morgan fingerprint density at radius 2 is 1.89 bits per heavy atom. The van der Waals surface area contributed by atoms with Crippen LogP contribution in [-0.4, -0.2) is 27.7 Å². The molecular formula is C19H14Cl2FN3O3. The number of nitrogens with two attached hydrogens (primary N) is 1. The third-order valence-corrected chi connectivity index (χ3v) is 4.69. The SMILES string of the molecule is Nc1ncc(-c2ccc(C(=O)O)cc2)nc1OCCc1c(Cl)ccc(F)c1Cl. The zero-order valence-electron chi connectivity index (χ0n) is 14.3. The predicted octanol–water partition coefficient (Wildman–Crippen LogP) is 4.49. The molecular weight excluding hydrogens is 408 g/mol. The third kappa shape index (κ3) is 4.32. The van der Waals surface area contributed by atoms with E-state index in [4.69, 9.17) is 38.8 Å². The minimum Gasteiger partial charge on any atom is -0.478 e. The predicted molar refractivity (Wildman–Crippen MR) is 104 cm³/mol. The van der Waals surface area contributed by atoms with Gasteiger partial charge in [0.2, 0.25) is 0 Å². The number of carbonyl (C=O) groups is 1. The second kappa shape index (κ2) is 8.41. The van der Waals surface area contributed by atoms with E-state index in [-0.39, 0.29) is 35.3 Å². The van der Waals surface area contributed by atoms with E-state index in [0.29, 0.717) is 21.8 Å². The van der Waals surface area contributed by atoms with Gasteiger partial charge in [-0.25, -0.2) is 19.2 Å². The van der Waals surface area contributed by atoms with Crippen molar-refractivity contribution in [2.75, 3.05) is 12.3 Å². The summed E-state index contributed by atoms with van der Waals surface area (Å²) in [6.45, 7) is 0.100. The molecule has 0 saturated carbocycles. The monoisotopic (exact) mass is 421 g/mol. The van der Waals surface area contributed by atoms with Gasteiger partial charge in [-0.2, -0.15) is 0 Å². The van der Waals surface area contributed by atoms with Gasteiger partial charge >= 0.3 is 5.97 Å². The Morgan fingerprint density at radius 1 is 1.18 bits per heavy atom. The zero-order chi connectivity index (χ0) is 20.3. The highest BCUT2D eigenvalue weighted by atomic mass is 35.5. The molecule has 3 rings (SSSR count). The summed E-state index contributed by atoms with van der Waals surface area (Å²) in [6.07, 6.45) is 1.70. The Bertz CT molecular complexity index is 1030. The maximum absolute atomic E-state index is 13.6. The van der Waals surface area contributed by atoms with Gasteiger partial charge in [-0.3, -0.25) is 0 Å². The smallest absolute Gasteiger partial charge is 0.335 e. The molecule has 1 heterocycles. The molecule has 0 amide bonds. The van der Waals surface area contributed by atoms with Crippen molar-refractivity contribution in [3.05, 3.63) is 69.6 Å². The van der Waals surface area contributed by atoms with E-state index in [1.165, 1.54) is 30.5 Å². The highest BCUT2D eigenvalue weighted by Gasteiger charge is 2.13. The molecule has 9 heteroatoms. The molecule has 0 fully saturated rings. The average molecular weight is 422 g/mol. The standard InChI is InChI=1S/C19H14Cl2FN3O3/c20-13-5-6-14(22)16(21)12(13)7-8-28-18-17(23)24-9-15(25-18)10-1-3-11(4-2-10)19(26)27/h1-6,9H,7-8H2,(H2,23,24)(H,26,27). The van der Waals surface area contributed by atoms with Gasteiger partial charge in [0.05, 0.1) is 29.1 Å². The zero-order valence-corrected chi connectivity index (χ0v) is 15.8. The maximum atomic E-state index is 13.6. The first kappa shape index (κ1) is 19.9. The Balaban J connectivity index is 1.75. The second-order valence-corrected chi connectivity index (χ2v) is 6.53. The van der Waals surface area contributed by atoms with Gasteiger partial charge in [-0.15, -0.1) is 0 Å². The number of anilines is 1. The van der Waals surface area contributed by atoms with Crippen LogP contribution in [0.25, 0.3) is 11.3 Å². The van der Waals surface area contributed by atoms with Crippen molar-refractivity contribution >= 4 is 35.0 Å². The molecule has 0 bridgehead atoms. The van der Waals surface area contributed by atoms with Crippen LogP contribution in [0.2, 0.25) is 10.0 Å². The van der Waals surface area contributed by atoms with Gasteiger partial charge in [-0.05, 0) is 29.8 Å². The number of nitrogen functional groups attached to an aromatic ring is 1. The van der Waals surface area contributed by atoms with Crippen LogP contribution in [0.15, 0.2) is 42.6 Å². The van der Waals surface area contributed by atoms with Crippen molar-refractivity contribution in [3.63, 3.8) is 0 Å². The number of nitrogens with zero attached hydrogens (tertiary/aromatic N) is 2. The van der Waals surface area contributed by atoms with Crippen LogP contribution < -0.4 is 10.5 Å². The van der Waals surface area contributed by atoms with E-state index in [2.05, 4.69) is 9.97 Å². The molecule has 0 unspecified atom stereocenters. The highest BCUT2D eigenvalue weighted by Crippen LogP contribution is 2.28. The van der Waals surface area contributed by atoms with Gasteiger partial charge in [-0.1, -0.05) is 35.3 Å². The summed E-state index contributed by atoms with van der Waals surface area (Å²) >= 11 is 12.0. The highest BCUT2D eigenvalue weighted by molar-refractivity contribution is 6.36. The van der Waals surface area contributed by atoms with E-state index < -0.39 is 11.8 Å². The van der Waals surface area contributed by atoms with Crippen LogP contribution in [-0.2, 0) is 6.42 Å². The minimum atomic E-state index is -1.02. The fourth-order valence-electron chi connectivity index (χ4n) is 2.46. The van der Waals surface area contributed by atoms with Gasteiger partial charge in [0.15, 0.2) is 5.82 Å². The maximum Gasteiger partial charge on any atom is 0.335 e. The number of rotatable bonds is 6. The van der Waals surface area contributed by atoms with Crippen LogP contribution in [0.5, 0.6) is 5.88 Å². The molecule has 0 aliphatic carbocycles. The summed E-state index contributed by atoms with van der Waals surface area (Å²) < 4.78 is 19.2. The Kier molecular flexibility index (Phi) is 5.96. The first-order valence-electron chi connectivity index (χ1n) is 8.08. The van der Waals surface area contributed by atoms with Crippen molar-refractivity contribution in [2.24, 2.45) is 0 Å². The van der Waals surface area contributed by atoms with E-state index in [9.17, 15) is 9.18 Å². The summed E-state index contributed by atoms with van der Waals surface area (Å²) in [5.74, 6) is -1.40. The normalized spacial score (nSPS) is 10.7. The lowest BCUT2D eigenvalue weighted by atomic mass is 10.1. The number of benzene rings is 2. The molecule has 0 radical (unpaired) electrons. The lowest BCUT2D eigenvalue weighted by Gasteiger charge is -2.11.